The molecule has 1 heteroatoms. The fourth-order valence-corrected chi connectivity index (χ4v) is 10.4. The van der Waals surface area contributed by atoms with E-state index in [0.717, 1.165) is 11.4 Å². The Morgan fingerprint density at radius 3 is 1.51 bits per heavy atom. The lowest BCUT2D eigenvalue weighted by Crippen LogP contribution is -2.43. The number of rotatable bonds is 5. The summed E-state index contributed by atoms with van der Waals surface area (Å²) in [7, 11) is 0. The summed E-state index contributed by atoms with van der Waals surface area (Å²) in [6, 6.07) is 70.2. The van der Waals surface area contributed by atoms with E-state index in [2.05, 4.69) is 207 Å². The average Bonchev–Trinajstić information content (AvgIpc) is 3.46. The topological polar surface area (TPSA) is 3.24 Å². The Kier molecular flexibility index (Phi) is 6.11. The van der Waals surface area contributed by atoms with Crippen molar-refractivity contribution in [1.82, 2.24) is 0 Å². The van der Waals surface area contributed by atoms with Gasteiger partial charge in [0.1, 0.15) is 0 Å². The van der Waals surface area contributed by atoms with Crippen LogP contribution in [0.25, 0.3) is 54.9 Å². The van der Waals surface area contributed by atoms with Crippen molar-refractivity contribution in [3.63, 3.8) is 0 Å². The molecule has 0 atom stereocenters. The van der Waals surface area contributed by atoms with E-state index in [-0.39, 0.29) is 10.8 Å². The van der Waals surface area contributed by atoms with Crippen molar-refractivity contribution in [2.45, 2.75) is 24.7 Å². The van der Waals surface area contributed by atoms with E-state index in [1.807, 2.05) is 0 Å². The van der Waals surface area contributed by atoms with Crippen LogP contribution in [-0.2, 0) is 10.8 Å². The van der Waals surface area contributed by atoms with Gasteiger partial charge in [-0.25, -0.2) is 0 Å². The van der Waals surface area contributed by atoms with Gasteiger partial charge in [-0.05, 0) is 131 Å². The van der Waals surface area contributed by atoms with Gasteiger partial charge in [0.25, 0.3) is 0 Å². The molecule has 55 heavy (non-hydrogen) atoms. The van der Waals surface area contributed by atoms with Crippen molar-refractivity contribution in [3.05, 3.63) is 221 Å². The molecule has 9 aromatic rings. The van der Waals surface area contributed by atoms with Crippen molar-refractivity contribution in [1.29, 1.82) is 0 Å². The van der Waals surface area contributed by atoms with Crippen LogP contribution in [-0.4, -0.2) is 0 Å². The van der Waals surface area contributed by atoms with Crippen LogP contribution in [0.1, 0.15) is 47.2 Å². The number of hydrogen-bond donors (Lipinski definition) is 0. The van der Waals surface area contributed by atoms with E-state index in [1.165, 1.54) is 94.0 Å². The summed E-state index contributed by atoms with van der Waals surface area (Å²) in [5, 5.41) is 5.43. The summed E-state index contributed by atoms with van der Waals surface area (Å²) in [6.07, 6.45) is 0. The highest BCUT2D eigenvalue weighted by Gasteiger charge is 2.54. The van der Waals surface area contributed by atoms with Crippen LogP contribution < -0.4 is 4.90 Å². The minimum atomic E-state index is -0.186. The first-order valence-electron chi connectivity index (χ1n) is 19.4. The molecule has 0 radical (unpaired) electrons. The smallest absolute Gasteiger partial charge is 0.0726 e. The molecule has 0 heterocycles. The lowest BCUT2D eigenvalue weighted by atomic mass is 9.49. The fraction of sp³-hybridized carbons (Fsp3) is 0.0741. The van der Waals surface area contributed by atoms with Gasteiger partial charge in [-0.2, -0.15) is 0 Å². The second kappa shape index (κ2) is 10.9. The Morgan fingerprint density at radius 2 is 0.836 bits per heavy atom. The lowest BCUT2D eigenvalue weighted by Gasteiger charge is -2.52. The highest BCUT2D eigenvalue weighted by molar-refractivity contribution is 6.12. The highest BCUT2D eigenvalue weighted by atomic mass is 15.1. The molecule has 9 aromatic carbocycles. The van der Waals surface area contributed by atoms with Crippen LogP contribution in [0.2, 0.25) is 0 Å². The number of benzene rings is 9. The molecule has 0 bridgehead atoms. The summed E-state index contributed by atoms with van der Waals surface area (Å²) < 4.78 is 0. The lowest BCUT2D eigenvalue weighted by molar-refractivity contribution is 0.660. The van der Waals surface area contributed by atoms with E-state index < -0.39 is 0 Å². The summed E-state index contributed by atoms with van der Waals surface area (Å²) in [6.45, 7) is 4.69. The van der Waals surface area contributed by atoms with Crippen molar-refractivity contribution in [2.24, 2.45) is 0 Å². The molecule has 0 aliphatic heterocycles. The first kappa shape index (κ1) is 30.7. The summed E-state index contributed by atoms with van der Waals surface area (Å²) in [5.41, 5.74) is 19.4. The van der Waals surface area contributed by atoms with Crippen molar-refractivity contribution < 1.29 is 0 Å². The second-order valence-corrected chi connectivity index (χ2v) is 16.1. The first-order valence-corrected chi connectivity index (χ1v) is 19.4. The largest absolute Gasteiger partial charge is 0.310 e. The predicted octanol–water partition coefficient (Wildman–Crippen LogP) is 14.1. The maximum atomic E-state index is 2.48. The molecular formula is C54H37N. The molecule has 3 aliphatic carbocycles. The third kappa shape index (κ3) is 4.02. The maximum absolute atomic E-state index is 2.48. The zero-order valence-corrected chi connectivity index (χ0v) is 30.8. The molecule has 12 rings (SSSR count). The first-order chi connectivity index (χ1) is 27.0. The van der Waals surface area contributed by atoms with Crippen LogP contribution in [0, 0.1) is 0 Å². The normalized spacial score (nSPS) is 14.7. The molecular weight excluding hydrogens is 663 g/mol. The van der Waals surface area contributed by atoms with Gasteiger partial charge in [0, 0.05) is 22.5 Å². The van der Waals surface area contributed by atoms with E-state index >= 15 is 0 Å². The molecule has 0 saturated carbocycles. The molecule has 0 saturated heterocycles. The molecule has 0 N–H and O–H groups in total. The van der Waals surface area contributed by atoms with Gasteiger partial charge in [-0.15, -0.1) is 0 Å². The molecule has 0 fully saturated rings. The van der Waals surface area contributed by atoms with Gasteiger partial charge in [0.15, 0.2) is 0 Å². The minimum Gasteiger partial charge on any atom is -0.310 e. The van der Waals surface area contributed by atoms with Gasteiger partial charge >= 0.3 is 0 Å². The van der Waals surface area contributed by atoms with Gasteiger partial charge < -0.3 is 4.90 Å². The van der Waals surface area contributed by atoms with Crippen LogP contribution in [0.15, 0.2) is 188 Å². The molecule has 3 aliphatic rings. The van der Waals surface area contributed by atoms with Crippen molar-refractivity contribution >= 4 is 38.6 Å². The van der Waals surface area contributed by atoms with Crippen LogP contribution in [0.3, 0.4) is 0 Å². The maximum Gasteiger partial charge on any atom is 0.0726 e. The quantitative estimate of drug-likeness (QED) is 0.173. The fourth-order valence-electron chi connectivity index (χ4n) is 10.4. The van der Waals surface area contributed by atoms with E-state index in [4.69, 9.17) is 0 Å². The average molecular weight is 700 g/mol. The highest BCUT2D eigenvalue weighted by Crippen LogP contribution is 2.65. The van der Waals surface area contributed by atoms with Crippen LogP contribution >= 0.6 is 0 Å². The molecule has 0 aromatic heterocycles. The number of nitrogens with zero attached hydrogens (tertiary/aromatic N) is 1. The zero-order valence-electron chi connectivity index (χ0n) is 30.8. The molecule has 1 nitrogen and oxygen atoms in total. The Labute approximate surface area is 321 Å². The molecule has 258 valence electrons. The van der Waals surface area contributed by atoms with Gasteiger partial charge in [-0.1, -0.05) is 159 Å². The van der Waals surface area contributed by atoms with Gasteiger partial charge in [0.2, 0.25) is 0 Å². The van der Waals surface area contributed by atoms with Crippen LogP contribution in [0.5, 0.6) is 0 Å². The second-order valence-electron chi connectivity index (χ2n) is 16.1. The van der Waals surface area contributed by atoms with Gasteiger partial charge in [0.05, 0.1) is 5.41 Å². The molecule has 1 spiro atoms. The number of hydrogen-bond acceptors (Lipinski definition) is 1. The van der Waals surface area contributed by atoms with Crippen LogP contribution in [0.4, 0.5) is 17.1 Å². The third-order valence-electron chi connectivity index (χ3n) is 13.0. The third-order valence-corrected chi connectivity index (χ3v) is 13.0. The Bertz CT molecular complexity index is 3000. The summed E-state index contributed by atoms with van der Waals surface area (Å²) in [4.78, 5) is 2.44. The summed E-state index contributed by atoms with van der Waals surface area (Å²) >= 11 is 0. The van der Waals surface area contributed by atoms with E-state index in [0.29, 0.717) is 0 Å². The minimum absolute atomic E-state index is 0.000416. The number of anilines is 3. The number of fused-ring (bicyclic) bond motifs is 7. The van der Waals surface area contributed by atoms with Crippen molar-refractivity contribution in [3.8, 4) is 33.4 Å². The summed E-state index contributed by atoms with van der Waals surface area (Å²) in [5.74, 6) is 0. The molecule has 0 unspecified atom stereocenters. The molecule has 0 amide bonds. The monoisotopic (exact) mass is 699 g/mol. The Hall–Kier alpha value is -6.70. The van der Waals surface area contributed by atoms with Gasteiger partial charge in [-0.3, -0.25) is 0 Å². The Morgan fingerprint density at radius 1 is 0.327 bits per heavy atom. The Balaban J connectivity index is 0.999. The van der Waals surface area contributed by atoms with Crippen molar-refractivity contribution in [2.75, 3.05) is 4.90 Å². The SMILES string of the molecule is CC1(C)c2ccccc2-c2cc(-c3ccc(N(c4ccc(-c5ccccc5)cc4)c4cc5c6c(cccc6c4)C54c5cccc6cccc4c56)cc3)ccc21. The predicted molar refractivity (Wildman–Crippen MR) is 230 cm³/mol. The zero-order chi connectivity index (χ0) is 36.5. The van der Waals surface area contributed by atoms with E-state index in [9.17, 15) is 0 Å². The van der Waals surface area contributed by atoms with E-state index in [1.54, 1.807) is 0 Å². The standard InChI is InChI=1S/C54H37N/c1-53(2)45-17-7-6-16-43(45)44-32-38(25-30-46(44)53)36-23-28-41(29-24-36)55(40-26-21-35(22-27-40)34-11-4-3-5-12-34)42-31-39-15-10-20-49-52(39)50(33-42)54(49)47-18-8-13-37-14-9-19-48(54)51(37)47/h3-33H,1-2H3.